The Balaban J connectivity index is 1.63. The van der Waals surface area contributed by atoms with Gasteiger partial charge in [0.05, 0.1) is 24.1 Å². The summed E-state index contributed by atoms with van der Waals surface area (Å²) in [6.07, 6.45) is 1.86. The van der Waals surface area contributed by atoms with E-state index in [0.29, 0.717) is 13.1 Å². The van der Waals surface area contributed by atoms with E-state index < -0.39 is 0 Å². The van der Waals surface area contributed by atoms with Crippen molar-refractivity contribution in [1.29, 1.82) is 0 Å². The molecule has 0 saturated carbocycles. The van der Waals surface area contributed by atoms with Crippen molar-refractivity contribution in [3.8, 4) is 11.3 Å². The van der Waals surface area contributed by atoms with Crippen molar-refractivity contribution < 1.29 is 4.52 Å². The van der Waals surface area contributed by atoms with Crippen LogP contribution in [-0.4, -0.2) is 40.1 Å². The molecule has 7 nitrogen and oxygen atoms in total. The molecule has 0 bridgehead atoms. The zero-order valence-electron chi connectivity index (χ0n) is 15.6. The number of nitrogens with zero attached hydrogens (tertiary/aromatic N) is 4. The van der Waals surface area contributed by atoms with E-state index in [1.807, 2.05) is 50.2 Å². The first-order chi connectivity index (χ1) is 12.6. The van der Waals surface area contributed by atoms with E-state index in [-0.39, 0.29) is 0 Å². The first-order valence-corrected chi connectivity index (χ1v) is 8.51. The summed E-state index contributed by atoms with van der Waals surface area (Å²) in [6.45, 7) is 5.09. The van der Waals surface area contributed by atoms with Crippen LogP contribution in [0.2, 0.25) is 0 Å². The van der Waals surface area contributed by atoms with E-state index >= 15 is 0 Å². The molecule has 3 rings (SSSR count). The molecular weight excluding hydrogens is 328 g/mol. The van der Waals surface area contributed by atoms with Crippen LogP contribution in [0.1, 0.15) is 22.8 Å². The first-order valence-electron chi connectivity index (χ1n) is 8.51. The van der Waals surface area contributed by atoms with Gasteiger partial charge in [-0.05, 0) is 19.4 Å². The molecule has 7 heteroatoms. The van der Waals surface area contributed by atoms with Crippen LogP contribution in [-0.2, 0) is 13.1 Å². The zero-order chi connectivity index (χ0) is 18.5. The fourth-order valence-corrected chi connectivity index (χ4v) is 2.81. The molecule has 0 aliphatic carbocycles. The third-order valence-corrected chi connectivity index (χ3v) is 4.28. The summed E-state index contributed by atoms with van der Waals surface area (Å²) in [7, 11) is 3.75. The number of aliphatic imine (C=N–C) groups is 1. The number of hydrogen-bond donors (Lipinski definition) is 2. The lowest BCUT2D eigenvalue weighted by Crippen LogP contribution is -2.38. The van der Waals surface area contributed by atoms with Gasteiger partial charge < -0.3 is 19.7 Å². The second kappa shape index (κ2) is 7.86. The van der Waals surface area contributed by atoms with Crippen LogP contribution in [0.25, 0.3) is 11.3 Å². The molecule has 0 unspecified atom stereocenters. The predicted octanol–water partition coefficient (Wildman–Crippen LogP) is 2.89. The number of hydrogen-bond acceptors (Lipinski definition) is 4. The summed E-state index contributed by atoms with van der Waals surface area (Å²) < 4.78 is 5.20. The van der Waals surface area contributed by atoms with Crippen molar-refractivity contribution in [3.05, 3.63) is 59.4 Å². The predicted molar refractivity (Wildman–Crippen MR) is 102 cm³/mol. The van der Waals surface area contributed by atoms with Crippen LogP contribution in [0.15, 0.2) is 46.0 Å². The van der Waals surface area contributed by atoms with Gasteiger partial charge >= 0.3 is 0 Å². The SMILES string of the molecule is CN=C(NCc1c(C)noc1C)N(C)Cc1ncc(-c2ccccc2)[nH]1. The lowest BCUT2D eigenvalue weighted by molar-refractivity contribution is 0.392. The summed E-state index contributed by atoms with van der Waals surface area (Å²) in [5, 5.41) is 7.33. The van der Waals surface area contributed by atoms with Crippen molar-refractivity contribution >= 4 is 5.96 Å². The molecule has 0 aliphatic rings. The molecular formula is C19H24N6O. The number of imidazole rings is 1. The molecule has 0 aliphatic heterocycles. The highest BCUT2D eigenvalue weighted by Crippen LogP contribution is 2.16. The normalized spacial score (nSPS) is 11.6. The smallest absolute Gasteiger partial charge is 0.194 e. The number of aromatic amines is 1. The molecule has 0 fully saturated rings. The van der Waals surface area contributed by atoms with E-state index in [1.165, 1.54) is 0 Å². The van der Waals surface area contributed by atoms with Crippen LogP contribution in [0.5, 0.6) is 0 Å². The minimum Gasteiger partial charge on any atom is -0.361 e. The highest BCUT2D eigenvalue weighted by atomic mass is 16.5. The van der Waals surface area contributed by atoms with Crippen molar-refractivity contribution in [2.24, 2.45) is 4.99 Å². The van der Waals surface area contributed by atoms with Crippen LogP contribution in [0.3, 0.4) is 0 Å². The van der Waals surface area contributed by atoms with E-state index in [1.54, 1.807) is 7.05 Å². The quantitative estimate of drug-likeness (QED) is 0.545. The Kier molecular flexibility index (Phi) is 5.36. The molecule has 26 heavy (non-hydrogen) atoms. The summed E-state index contributed by atoms with van der Waals surface area (Å²) in [5.74, 6) is 2.49. The number of aryl methyl sites for hydroxylation is 2. The Labute approximate surface area is 153 Å². The second-order valence-corrected chi connectivity index (χ2v) is 6.17. The molecule has 1 aromatic carbocycles. The Bertz CT molecular complexity index is 861. The molecule has 0 atom stereocenters. The first kappa shape index (κ1) is 17.7. The minimum absolute atomic E-state index is 0.617. The molecule has 0 spiro atoms. The van der Waals surface area contributed by atoms with Gasteiger partial charge in [0.2, 0.25) is 0 Å². The van der Waals surface area contributed by atoms with Gasteiger partial charge in [-0.15, -0.1) is 0 Å². The average Bonchev–Trinajstić information content (AvgIpc) is 3.24. The summed E-state index contributed by atoms with van der Waals surface area (Å²) in [4.78, 5) is 14.2. The van der Waals surface area contributed by atoms with Crippen LogP contribution < -0.4 is 5.32 Å². The van der Waals surface area contributed by atoms with Gasteiger partial charge in [-0.3, -0.25) is 4.99 Å². The van der Waals surface area contributed by atoms with Gasteiger partial charge in [0.1, 0.15) is 11.6 Å². The Hall–Kier alpha value is -3.09. The highest BCUT2D eigenvalue weighted by Gasteiger charge is 2.13. The van der Waals surface area contributed by atoms with Crippen LogP contribution in [0.4, 0.5) is 0 Å². The molecule has 0 radical (unpaired) electrons. The van der Waals surface area contributed by atoms with Crippen molar-refractivity contribution in [1.82, 2.24) is 25.3 Å². The van der Waals surface area contributed by atoms with Crippen molar-refractivity contribution in [2.75, 3.05) is 14.1 Å². The van der Waals surface area contributed by atoms with E-state index in [2.05, 4.69) is 37.6 Å². The fourth-order valence-electron chi connectivity index (χ4n) is 2.81. The van der Waals surface area contributed by atoms with E-state index in [9.17, 15) is 0 Å². The Morgan fingerprint density at radius 2 is 2.04 bits per heavy atom. The standard InChI is InChI=1S/C19H24N6O/c1-13-16(14(2)26-24-13)10-22-19(20-3)25(4)12-18-21-11-17(23-18)15-8-6-5-7-9-15/h5-9,11H,10,12H2,1-4H3,(H,20,22)(H,21,23). The minimum atomic E-state index is 0.617. The average molecular weight is 352 g/mol. The van der Waals surface area contributed by atoms with Crippen molar-refractivity contribution in [2.45, 2.75) is 26.9 Å². The van der Waals surface area contributed by atoms with E-state index in [0.717, 1.165) is 40.1 Å². The van der Waals surface area contributed by atoms with Gasteiger partial charge in [0.15, 0.2) is 5.96 Å². The molecule has 3 aromatic rings. The summed E-state index contributed by atoms with van der Waals surface area (Å²) in [6, 6.07) is 10.2. The lowest BCUT2D eigenvalue weighted by Gasteiger charge is -2.21. The fraction of sp³-hybridized carbons (Fsp3) is 0.316. The molecule has 2 heterocycles. The topological polar surface area (TPSA) is 82.3 Å². The Morgan fingerprint density at radius 3 is 2.69 bits per heavy atom. The maximum atomic E-state index is 5.20. The number of aromatic nitrogens is 3. The lowest BCUT2D eigenvalue weighted by atomic mass is 10.2. The van der Waals surface area contributed by atoms with Gasteiger partial charge in [-0.2, -0.15) is 0 Å². The molecule has 0 amide bonds. The highest BCUT2D eigenvalue weighted by molar-refractivity contribution is 5.79. The number of rotatable bonds is 5. The van der Waals surface area contributed by atoms with Crippen LogP contribution >= 0.6 is 0 Å². The number of benzene rings is 1. The van der Waals surface area contributed by atoms with Gasteiger partial charge in [0, 0.05) is 26.2 Å². The summed E-state index contributed by atoms with van der Waals surface area (Å²) >= 11 is 0. The zero-order valence-corrected chi connectivity index (χ0v) is 15.6. The summed E-state index contributed by atoms with van der Waals surface area (Å²) in [5.41, 5.74) is 4.08. The number of guanidine groups is 1. The van der Waals surface area contributed by atoms with Crippen molar-refractivity contribution in [3.63, 3.8) is 0 Å². The molecule has 2 aromatic heterocycles. The molecule has 0 saturated heterocycles. The molecule has 2 N–H and O–H groups in total. The van der Waals surface area contributed by atoms with E-state index in [4.69, 9.17) is 4.52 Å². The number of nitrogens with one attached hydrogen (secondary N) is 2. The van der Waals surface area contributed by atoms with Gasteiger partial charge in [-0.1, -0.05) is 35.5 Å². The third kappa shape index (κ3) is 3.93. The molecule has 136 valence electrons. The number of H-pyrrole nitrogens is 1. The maximum Gasteiger partial charge on any atom is 0.194 e. The monoisotopic (exact) mass is 352 g/mol. The largest absolute Gasteiger partial charge is 0.361 e. The third-order valence-electron chi connectivity index (χ3n) is 4.28. The van der Waals surface area contributed by atoms with Gasteiger partial charge in [-0.25, -0.2) is 4.98 Å². The second-order valence-electron chi connectivity index (χ2n) is 6.17. The maximum absolute atomic E-state index is 5.20. The van der Waals surface area contributed by atoms with Crippen LogP contribution in [0, 0.1) is 13.8 Å². The Morgan fingerprint density at radius 1 is 1.27 bits per heavy atom. The van der Waals surface area contributed by atoms with Gasteiger partial charge in [0.25, 0.3) is 0 Å².